The molecule has 1 fully saturated rings. The van der Waals surface area contributed by atoms with Crippen LogP contribution in [0.25, 0.3) is 0 Å². The van der Waals surface area contributed by atoms with Crippen LogP contribution in [-0.2, 0) is 0 Å². The van der Waals surface area contributed by atoms with Gasteiger partial charge in [-0.05, 0) is 30.3 Å². The van der Waals surface area contributed by atoms with Crippen molar-refractivity contribution in [1.82, 2.24) is 4.90 Å². The number of hydrogen-bond donors (Lipinski definition) is 0. The fraction of sp³-hybridized carbons (Fsp3) is 0.316. The van der Waals surface area contributed by atoms with Gasteiger partial charge in [-0.2, -0.15) is 0 Å². The van der Waals surface area contributed by atoms with Gasteiger partial charge in [0.25, 0.3) is 11.6 Å². The first kappa shape index (κ1) is 17.7. The lowest BCUT2D eigenvalue weighted by molar-refractivity contribution is -0.384. The molecule has 26 heavy (non-hydrogen) atoms. The third kappa shape index (κ3) is 3.77. The van der Waals surface area contributed by atoms with Gasteiger partial charge in [-0.3, -0.25) is 14.9 Å². The maximum absolute atomic E-state index is 12.7. The summed E-state index contributed by atoms with van der Waals surface area (Å²) >= 11 is 0. The molecule has 1 amide bonds. The van der Waals surface area contributed by atoms with Crippen LogP contribution in [0.15, 0.2) is 48.5 Å². The first-order chi connectivity index (χ1) is 12.5. The number of amides is 1. The highest BCUT2D eigenvalue weighted by Crippen LogP contribution is 2.23. The number of rotatable bonds is 4. The standard InChI is InChI=1S/C19H22N4O3/c1-20(2)16-8-6-15(7-9-16)19(24)22-12-10-21(11-13-22)17-4-3-5-18(14-17)23(25)26/h3-9,14H,10-13H2,1-2H3. The summed E-state index contributed by atoms with van der Waals surface area (Å²) in [6.07, 6.45) is 0. The molecule has 0 aliphatic carbocycles. The van der Waals surface area contributed by atoms with Crippen molar-refractivity contribution in [3.63, 3.8) is 0 Å². The molecule has 0 N–H and O–H groups in total. The van der Waals surface area contributed by atoms with Crippen LogP contribution in [0.2, 0.25) is 0 Å². The second-order valence-electron chi connectivity index (χ2n) is 6.50. The molecule has 0 atom stereocenters. The van der Waals surface area contributed by atoms with Crippen molar-refractivity contribution in [3.05, 3.63) is 64.2 Å². The van der Waals surface area contributed by atoms with Gasteiger partial charge in [0.2, 0.25) is 0 Å². The largest absolute Gasteiger partial charge is 0.378 e. The Hall–Kier alpha value is -3.09. The Balaban J connectivity index is 1.63. The molecular formula is C19H22N4O3. The van der Waals surface area contributed by atoms with Crippen LogP contribution in [0.5, 0.6) is 0 Å². The maximum Gasteiger partial charge on any atom is 0.271 e. The summed E-state index contributed by atoms with van der Waals surface area (Å²) in [7, 11) is 3.92. The Bertz CT molecular complexity index is 797. The number of piperazine rings is 1. The molecule has 7 heteroatoms. The van der Waals surface area contributed by atoms with Crippen molar-refractivity contribution < 1.29 is 9.72 Å². The topological polar surface area (TPSA) is 69.9 Å². The van der Waals surface area contributed by atoms with Crippen molar-refractivity contribution in [3.8, 4) is 0 Å². The third-order valence-corrected chi connectivity index (χ3v) is 4.60. The van der Waals surface area contributed by atoms with Crippen molar-refractivity contribution in [1.29, 1.82) is 0 Å². The van der Waals surface area contributed by atoms with Gasteiger partial charge in [0.1, 0.15) is 0 Å². The second kappa shape index (κ2) is 7.43. The third-order valence-electron chi connectivity index (χ3n) is 4.60. The summed E-state index contributed by atoms with van der Waals surface area (Å²) in [6, 6.07) is 14.2. The van der Waals surface area contributed by atoms with Crippen LogP contribution in [0.3, 0.4) is 0 Å². The van der Waals surface area contributed by atoms with Crippen molar-refractivity contribution in [2.24, 2.45) is 0 Å². The molecule has 0 saturated carbocycles. The highest BCUT2D eigenvalue weighted by Gasteiger charge is 2.23. The van der Waals surface area contributed by atoms with Crippen molar-refractivity contribution in [2.45, 2.75) is 0 Å². The van der Waals surface area contributed by atoms with E-state index in [-0.39, 0.29) is 16.5 Å². The molecule has 0 bridgehead atoms. The van der Waals surface area contributed by atoms with Crippen LogP contribution in [0.4, 0.5) is 17.1 Å². The number of nitro groups is 1. The molecule has 0 spiro atoms. The monoisotopic (exact) mass is 354 g/mol. The molecule has 2 aromatic rings. The van der Waals surface area contributed by atoms with Crippen LogP contribution >= 0.6 is 0 Å². The predicted molar refractivity (Wildman–Crippen MR) is 102 cm³/mol. The summed E-state index contributed by atoms with van der Waals surface area (Å²) in [5.41, 5.74) is 2.64. The van der Waals surface area contributed by atoms with E-state index >= 15 is 0 Å². The minimum atomic E-state index is -0.388. The van der Waals surface area contributed by atoms with E-state index in [0.717, 1.165) is 11.4 Å². The average Bonchev–Trinajstić information content (AvgIpc) is 2.67. The second-order valence-corrected chi connectivity index (χ2v) is 6.50. The van der Waals surface area contributed by atoms with E-state index in [1.54, 1.807) is 12.1 Å². The van der Waals surface area contributed by atoms with E-state index in [1.165, 1.54) is 6.07 Å². The lowest BCUT2D eigenvalue weighted by Crippen LogP contribution is -2.48. The van der Waals surface area contributed by atoms with E-state index in [0.29, 0.717) is 31.7 Å². The molecule has 1 heterocycles. The van der Waals surface area contributed by atoms with Crippen LogP contribution in [0, 0.1) is 10.1 Å². The minimum Gasteiger partial charge on any atom is -0.378 e. The molecule has 0 aromatic heterocycles. The molecule has 1 saturated heterocycles. The molecule has 3 rings (SSSR count). The summed E-state index contributed by atoms with van der Waals surface area (Å²) in [5.74, 6) is 0.0222. The normalized spacial score (nSPS) is 14.2. The Morgan fingerprint density at radius 3 is 2.27 bits per heavy atom. The molecule has 2 aromatic carbocycles. The number of hydrogen-bond acceptors (Lipinski definition) is 5. The van der Waals surface area contributed by atoms with Gasteiger partial charge in [0.15, 0.2) is 0 Å². The number of non-ortho nitro benzene ring substituents is 1. The van der Waals surface area contributed by atoms with E-state index in [9.17, 15) is 14.9 Å². The molecule has 1 aliphatic heterocycles. The van der Waals surface area contributed by atoms with E-state index in [4.69, 9.17) is 0 Å². The number of nitrogens with zero attached hydrogens (tertiary/aromatic N) is 4. The zero-order valence-electron chi connectivity index (χ0n) is 15.0. The molecular weight excluding hydrogens is 332 g/mol. The Morgan fingerprint density at radius 2 is 1.69 bits per heavy atom. The Labute approximate surface area is 152 Å². The molecule has 136 valence electrons. The fourth-order valence-electron chi connectivity index (χ4n) is 3.06. The summed E-state index contributed by atoms with van der Waals surface area (Å²) in [6.45, 7) is 2.50. The summed E-state index contributed by atoms with van der Waals surface area (Å²) in [5, 5.41) is 10.9. The van der Waals surface area contributed by atoms with E-state index in [2.05, 4.69) is 4.90 Å². The lowest BCUT2D eigenvalue weighted by Gasteiger charge is -2.36. The highest BCUT2D eigenvalue weighted by atomic mass is 16.6. The molecule has 1 aliphatic rings. The maximum atomic E-state index is 12.7. The van der Waals surface area contributed by atoms with Crippen LogP contribution in [0.1, 0.15) is 10.4 Å². The summed E-state index contributed by atoms with van der Waals surface area (Å²) in [4.78, 5) is 29.1. The first-order valence-corrected chi connectivity index (χ1v) is 8.52. The minimum absolute atomic E-state index is 0.0222. The van der Waals surface area contributed by atoms with Gasteiger partial charge in [0, 0.05) is 69.3 Å². The quantitative estimate of drug-likeness (QED) is 0.624. The van der Waals surface area contributed by atoms with Crippen LogP contribution < -0.4 is 9.80 Å². The first-order valence-electron chi connectivity index (χ1n) is 8.52. The number of nitro benzene ring substituents is 1. The lowest BCUT2D eigenvalue weighted by atomic mass is 10.1. The average molecular weight is 354 g/mol. The predicted octanol–water partition coefficient (Wildman–Crippen LogP) is 2.62. The Morgan fingerprint density at radius 1 is 1.04 bits per heavy atom. The molecule has 0 unspecified atom stereocenters. The Kier molecular flexibility index (Phi) is 5.06. The number of benzene rings is 2. The van der Waals surface area contributed by atoms with Crippen LogP contribution in [-0.4, -0.2) is 56.0 Å². The summed E-state index contributed by atoms with van der Waals surface area (Å²) < 4.78 is 0. The highest BCUT2D eigenvalue weighted by molar-refractivity contribution is 5.94. The molecule has 7 nitrogen and oxygen atoms in total. The van der Waals surface area contributed by atoms with Gasteiger partial charge < -0.3 is 14.7 Å². The zero-order valence-corrected chi connectivity index (χ0v) is 15.0. The van der Waals surface area contributed by atoms with Gasteiger partial charge in [0.05, 0.1) is 4.92 Å². The smallest absolute Gasteiger partial charge is 0.271 e. The molecule has 0 radical (unpaired) electrons. The van der Waals surface area contributed by atoms with Gasteiger partial charge in [-0.1, -0.05) is 6.07 Å². The number of anilines is 2. The fourth-order valence-corrected chi connectivity index (χ4v) is 3.06. The van der Waals surface area contributed by atoms with Gasteiger partial charge in [-0.15, -0.1) is 0 Å². The zero-order chi connectivity index (χ0) is 18.7. The van der Waals surface area contributed by atoms with Gasteiger partial charge in [-0.25, -0.2) is 0 Å². The number of carbonyl (C=O) groups excluding carboxylic acids is 1. The van der Waals surface area contributed by atoms with Crippen molar-refractivity contribution in [2.75, 3.05) is 50.1 Å². The van der Waals surface area contributed by atoms with Crippen molar-refractivity contribution >= 4 is 23.0 Å². The SMILES string of the molecule is CN(C)c1ccc(C(=O)N2CCN(c3cccc([N+](=O)[O-])c3)CC2)cc1. The van der Waals surface area contributed by atoms with E-state index in [1.807, 2.05) is 54.2 Å². The van der Waals surface area contributed by atoms with E-state index < -0.39 is 0 Å². The van der Waals surface area contributed by atoms with Gasteiger partial charge >= 0.3 is 0 Å². The number of carbonyl (C=O) groups is 1.